The first kappa shape index (κ1) is 16.1. The first-order chi connectivity index (χ1) is 7.90. The monoisotopic (exact) mass is 248 g/mol. The highest BCUT2D eigenvalue weighted by molar-refractivity contribution is 5.53. The molecule has 0 saturated carbocycles. The normalized spacial score (nSPS) is 28.4. The van der Waals surface area contributed by atoms with E-state index in [2.05, 4.69) is 42.3 Å². The maximum Gasteiger partial charge on any atom is 0.253 e. The lowest BCUT2D eigenvalue weighted by Crippen LogP contribution is -3.11. The van der Waals surface area contributed by atoms with Crippen LogP contribution in [0.2, 0.25) is 0 Å². The maximum atomic E-state index is 9.46. The van der Waals surface area contributed by atoms with E-state index in [1.807, 2.05) is 0 Å². The number of carbonyl (C=O) groups excluding carboxylic acids is 1. The largest absolute Gasteiger partial charge is 0.524 e. The topological polar surface area (TPSA) is 66.3 Å². The molecule has 0 radical (unpaired) electrons. The molecule has 0 aromatic carbocycles. The van der Waals surface area contributed by atoms with Crippen LogP contribution in [0.5, 0.6) is 0 Å². The number of nitrogens with one attached hydrogen (secondary N) is 1. The molecule has 0 spiro atoms. The Morgan fingerprint density at radius 2 is 2.12 bits per heavy atom. The summed E-state index contributed by atoms with van der Waals surface area (Å²) in [6, 6.07) is 0.764. The quantitative estimate of drug-likeness (QED) is 0.375. The maximum absolute atomic E-state index is 9.46. The highest BCUT2D eigenvalue weighted by Crippen LogP contribution is 2.00. The fraction of sp³-hybridized carbons (Fsp3) is 0.909. The van der Waals surface area contributed by atoms with Gasteiger partial charge in [-0.25, -0.2) is 4.90 Å². The molecule has 1 saturated heterocycles. The van der Waals surface area contributed by atoms with Crippen molar-refractivity contribution in [1.82, 2.24) is 4.90 Å². The SMILES string of the molecule is CC1C[NH+](C)C(C)N1C.CCOCOC(=O)[O-]. The second kappa shape index (κ2) is 8.27. The summed E-state index contributed by atoms with van der Waals surface area (Å²) in [5.41, 5.74) is 0. The lowest BCUT2D eigenvalue weighted by atomic mass is 10.3. The molecule has 1 fully saturated rings. The Hall–Kier alpha value is -0.850. The molecule has 3 unspecified atom stereocenters. The molecule has 0 aliphatic carbocycles. The minimum atomic E-state index is -1.56. The van der Waals surface area contributed by atoms with Crippen molar-refractivity contribution >= 4 is 6.16 Å². The number of hydrogen-bond donors (Lipinski definition) is 1. The van der Waals surface area contributed by atoms with Gasteiger partial charge >= 0.3 is 0 Å². The van der Waals surface area contributed by atoms with Gasteiger partial charge in [0.25, 0.3) is 6.16 Å². The van der Waals surface area contributed by atoms with E-state index >= 15 is 0 Å². The number of carbonyl (C=O) groups is 1. The van der Waals surface area contributed by atoms with Crippen LogP contribution < -0.4 is 10.0 Å². The van der Waals surface area contributed by atoms with Crippen LogP contribution in [0.4, 0.5) is 4.79 Å². The van der Waals surface area contributed by atoms with Gasteiger partial charge in [0.2, 0.25) is 0 Å². The lowest BCUT2D eigenvalue weighted by Gasteiger charge is -2.17. The third-order valence-corrected chi connectivity index (χ3v) is 3.10. The van der Waals surface area contributed by atoms with Crippen molar-refractivity contribution in [3.63, 3.8) is 0 Å². The molecule has 3 atom stereocenters. The van der Waals surface area contributed by atoms with Crippen LogP contribution in [0.15, 0.2) is 0 Å². The molecule has 0 amide bonds. The molecule has 0 bridgehead atoms. The molecule has 1 aliphatic heterocycles. The second-order valence-electron chi connectivity index (χ2n) is 4.25. The van der Waals surface area contributed by atoms with Gasteiger partial charge in [-0.15, -0.1) is 0 Å². The van der Waals surface area contributed by atoms with Crippen LogP contribution in [0.1, 0.15) is 20.8 Å². The number of likely N-dealkylation sites (N-methyl/N-ethyl adjacent to an activating group) is 2. The molecule has 6 nitrogen and oxygen atoms in total. The number of nitrogens with zero attached hydrogens (tertiary/aromatic N) is 1. The fourth-order valence-corrected chi connectivity index (χ4v) is 1.68. The van der Waals surface area contributed by atoms with E-state index in [0.717, 1.165) is 6.04 Å². The molecular formula is C11H24N2O4. The molecule has 17 heavy (non-hydrogen) atoms. The number of rotatable bonds is 3. The fourth-order valence-electron chi connectivity index (χ4n) is 1.68. The van der Waals surface area contributed by atoms with Gasteiger partial charge in [-0.2, -0.15) is 0 Å². The van der Waals surface area contributed by atoms with Crippen LogP contribution in [0, 0.1) is 0 Å². The summed E-state index contributed by atoms with van der Waals surface area (Å²) in [6.07, 6.45) is -0.849. The van der Waals surface area contributed by atoms with Crippen molar-refractivity contribution in [2.45, 2.75) is 33.0 Å². The number of quaternary nitrogens is 1. The molecular weight excluding hydrogens is 224 g/mol. The van der Waals surface area contributed by atoms with E-state index in [9.17, 15) is 9.90 Å². The van der Waals surface area contributed by atoms with Crippen molar-refractivity contribution in [1.29, 1.82) is 0 Å². The van der Waals surface area contributed by atoms with Gasteiger partial charge in [-0.1, -0.05) is 0 Å². The van der Waals surface area contributed by atoms with E-state index in [1.54, 1.807) is 11.8 Å². The second-order valence-corrected chi connectivity index (χ2v) is 4.25. The number of ether oxygens (including phenoxy) is 2. The van der Waals surface area contributed by atoms with Gasteiger partial charge in [-0.05, 0) is 20.9 Å². The van der Waals surface area contributed by atoms with Crippen LogP contribution in [-0.4, -0.2) is 57.3 Å². The summed E-state index contributed by atoms with van der Waals surface area (Å²) in [6.45, 7) is 7.79. The van der Waals surface area contributed by atoms with Crippen LogP contribution in [0.25, 0.3) is 0 Å². The third kappa shape index (κ3) is 6.45. The minimum absolute atomic E-state index is 0.237. The average molecular weight is 248 g/mol. The minimum Gasteiger partial charge on any atom is -0.524 e. The molecule has 102 valence electrons. The van der Waals surface area contributed by atoms with Crippen molar-refractivity contribution in [2.75, 3.05) is 34.0 Å². The summed E-state index contributed by atoms with van der Waals surface area (Å²) in [4.78, 5) is 13.5. The smallest absolute Gasteiger partial charge is 0.253 e. The van der Waals surface area contributed by atoms with E-state index in [1.165, 1.54) is 6.54 Å². The van der Waals surface area contributed by atoms with Gasteiger partial charge in [0, 0.05) is 13.5 Å². The molecule has 1 aliphatic rings. The van der Waals surface area contributed by atoms with Crippen LogP contribution in [-0.2, 0) is 9.47 Å². The van der Waals surface area contributed by atoms with Gasteiger partial charge in [0.1, 0.15) is 13.0 Å². The predicted octanol–water partition coefficient (Wildman–Crippen LogP) is -1.48. The number of carboxylic acid groups (broad SMARTS) is 1. The zero-order valence-electron chi connectivity index (χ0n) is 11.4. The summed E-state index contributed by atoms with van der Waals surface area (Å²) in [7, 11) is 4.45. The van der Waals surface area contributed by atoms with Gasteiger partial charge in [-0.3, -0.25) is 0 Å². The Morgan fingerprint density at radius 1 is 1.53 bits per heavy atom. The standard InChI is InChI=1S/C7H16N2.C4H8O4/c1-6-5-8(3)7(2)9(6)4;1-2-7-3-8-4(5)6/h6-7H,5H2,1-4H3;2-3H2,1H3,(H,5,6). The lowest BCUT2D eigenvalue weighted by molar-refractivity contribution is -0.896. The van der Waals surface area contributed by atoms with E-state index < -0.39 is 6.16 Å². The Kier molecular flexibility index (Phi) is 7.86. The summed E-state index contributed by atoms with van der Waals surface area (Å²) in [5.74, 6) is 0. The first-order valence-electron chi connectivity index (χ1n) is 5.85. The van der Waals surface area contributed by atoms with Gasteiger partial charge in [0.15, 0.2) is 0 Å². The van der Waals surface area contributed by atoms with Crippen LogP contribution >= 0.6 is 0 Å². The Morgan fingerprint density at radius 3 is 2.35 bits per heavy atom. The van der Waals surface area contributed by atoms with Gasteiger partial charge in [0.05, 0.1) is 19.6 Å². The van der Waals surface area contributed by atoms with E-state index in [4.69, 9.17) is 0 Å². The molecule has 1 rings (SSSR count). The predicted molar refractivity (Wildman–Crippen MR) is 61.4 cm³/mol. The van der Waals surface area contributed by atoms with Crippen LogP contribution in [0.3, 0.4) is 0 Å². The summed E-state index contributed by atoms with van der Waals surface area (Å²) in [5, 5.41) is 9.46. The molecule has 1 heterocycles. The summed E-state index contributed by atoms with van der Waals surface area (Å²) >= 11 is 0. The highest BCUT2D eigenvalue weighted by atomic mass is 16.7. The Bertz CT molecular complexity index is 214. The van der Waals surface area contributed by atoms with Gasteiger partial charge < -0.3 is 24.3 Å². The molecule has 0 aromatic heterocycles. The van der Waals surface area contributed by atoms with E-state index in [0.29, 0.717) is 12.8 Å². The Labute approximate surface area is 103 Å². The first-order valence-corrected chi connectivity index (χ1v) is 5.85. The third-order valence-electron chi connectivity index (χ3n) is 3.10. The zero-order valence-corrected chi connectivity index (χ0v) is 11.4. The van der Waals surface area contributed by atoms with Crippen molar-refractivity contribution in [3.8, 4) is 0 Å². The number of hydrogen-bond acceptors (Lipinski definition) is 5. The molecule has 0 aromatic rings. The molecule has 6 heteroatoms. The Balaban J connectivity index is 0.000000304. The average Bonchev–Trinajstić information content (AvgIpc) is 2.47. The van der Waals surface area contributed by atoms with Crippen molar-refractivity contribution in [2.24, 2.45) is 0 Å². The van der Waals surface area contributed by atoms with E-state index in [-0.39, 0.29) is 6.79 Å². The summed E-state index contributed by atoms with van der Waals surface area (Å²) < 4.78 is 8.37. The highest BCUT2D eigenvalue weighted by Gasteiger charge is 2.31. The zero-order chi connectivity index (χ0) is 13.4. The van der Waals surface area contributed by atoms with Crippen molar-refractivity contribution in [3.05, 3.63) is 0 Å². The van der Waals surface area contributed by atoms with Crippen molar-refractivity contribution < 1.29 is 24.3 Å². The molecule has 1 N–H and O–H groups in total.